The minimum atomic E-state index is -0.605. The number of nitrogens with one attached hydrogen (secondary N) is 1. The Kier molecular flexibility index (Phi) is 6.19. The van der Waals surface area contributed by atoms with Crippen molar-refractivity contribution >= 4 is 39.3 Å². The minimum absolute atomic E-state index is 0.482. The maximum atomic E-state index is 12.4. The van der Waals surface area contributed by atoms with Crippen molar-refractivity contribution in [2.24, 2.45) is 0 Å². The van der Waals surface area contributed by atoms with Gasteiger partial charge in [-0.2, -0.15) is 0 Å². The van der Waals surface area contributed by atoms with Gasteiger partial charge in [0.25, 0.3) is 0 Å². The van der Waals surface area contributed by atoms with E-state index in [1.165, 1.54) is 0 Å². The topological polar surface area (TPSA) is 64.4 Å². The molecule has 0 spiro atoms. The van der Waals surface area contributed by atoms with Gasteiger partial charge in [-0.05, 0) is 25.5 Å². The van der Waals surface area contributed by atoms with Gasteiger partial charge in [0.15, 0.2) is 5.76 Å². The van der Waals surface area contributed by atoms with Crippen molar-refractivity contribution in [3.05, 3.63) is 70.4 Å². The zero-order valence-electron chi connectivity index (χ0n) is 14.8. The van der Waals surface area contributed by atoms with Crippen LogP contribution in [-0.4, -0.2) is 11.2 Å². The number of carbonyl (C=O) groups is 1. The van der Waals surface area contributed by atoms with Crippen molar-refractivity contribution in [1.29, 1.82) is 0 Å². The molecular formula is C20H18BrClN2O3. The average molecular weight is 450 g/mol. The number of alkyl halides is 1. The lowest BCUT2D eigenvalue weighted by Gasteiger charge is -2.15. The molecule has 1 amide bonds. The second-order valence-electron chi connectivity index (χ2n) is 6.00. The summed E-state index contributed by atoms with van der Waals surface area (Å²) >= 11 is 9.58. The molecule has 2 aromatic carbocycles. The third-order valence-electron chi connectivity index (χ3n) is 4.09. The van der Waals surface area contributed by atoms with Crippen molar-refractivity contribution < 1.29 is 14.1 Å². The normalized spacial score (nSPS) is 11.9. The molecule has 7 heteroatoms. The summed E-state index contributed by atoms with van der Waals surface area (Å²) in [4.78, 5) is 12.4. The van der Waals surface area contributed by atoms with Crippen LogP contribution in [0.3, 0.4) is 0 Å². The number of amides is 1. The van der Waals surface area contributed by atoms with Crippen molar-refractivity contribution in [3.63, 3.8) is 0 Å². The van der Waals surface area contributed by atoms with E-state index in [2.05, 4.69) is 26.4 Å². The highest BCUT2D eigenvalue weighted by Gasteiger charge is 2.20. The smallest absolute Gasteiger partial charge is 0.412 e. The zero-order chi connectivity index (χ0) is 19.4. The van der Waals surface area contributed by atoms with Crippen LogP contribution in [0.25, 0.3) is 11.3 Å². The molecule has 140 valence electrons. The van der Waals surface area contributed by atoms with E-state index in [1.807, 2.05) is 42.5 Å². The third-order valence-corrected chi connectivity index (χ3v) is 5.08. The quantitative estimate of drug-likeness (QED) is 0.451. The number of aryl methyl sites for hydroxylation is 1. The van der Waals surface area contributed by atoms with Gasteiger partial charge in [0.2, 0.25) is 0 Å². The fourth-order valence-corrected chi connectivity index (χ4v) is 3.28. The molecule has 3 rings (SSSR count). The maximum absolute atomic E-state index is 12.4. The highest BCUT2D eigenvalue weighted by molar-refractivity contribution is 9.08. The Morgan fingerprint density at radius 3 is 2.63 bits per heavy atom. The van der Waals surface area contributed by atoms with Gasteiger partial charge in [0, 0.05) is 21.5 Å². The largest absolute Gasteiger partial charge is 0.441 e. The number of carbonyl (C=O) groups excluding carboxylic acids is 1. The van der Waals surface area contributed by atoms with Crippen LogP contribution in [0.1, 0.15) is 29.8 Å². The number of benzene rings is 2. The summed E-state index contributed by atoms with van der Waals surface area (Å²) in [5.74, 6) is 0.482. The molecule has 0 bridgehead atoms. The minimum Gasteiger partial charge on any atom is -0.441 e. The first-order chi connectivity index (χ1) is 13.0. The standard InChI is InChI=1S/C20H18BrClN2O3/c1-12-18(19(27-24-12)15-9-7-14(11-21)8-10-15)23-20(25)26-13(2)16-5-3-4-6-17(16)22/h3-10,13H,11H2,1-2H3,(H,23,25). The van der Waals surface area contributed by atoms with Crippen molar-refractivity contribution in [2.75, 3.05) is 5.32 Å². The highest BCUT2D eigenvalue weighted by Crippen LogP contribution is 2.32. The molecule has 0 saturated carbocycles. The van der Waals surface area contributed by atoms with Crippen LogP contribution in [0, 0.1) is 6.92 Å². The number of halogens is 2. The van der Waals surface area contributed by atoms with Gasteiger partial charge >= 0.3 is 6.09 Å². The number of nitrogens with zero attached hydrogens (tertiary/aromatic N) is 1. The second kappa shape index (κ2) is 8.59. The van der Waals surface area contributed by atoms with Gasteiger partial charge in [-0.3, -0.25) is 5.32 Å². The Bertz CT molecular complexity index is 941. The van der Waals surface area contributed by atoms with E-state index in [9.17, 15) is 4.79 Å². The lowest BCUT2D eigenvalue weighted by molar-refractivity contribution is 0.121. The summed E-state index contributed by atoms with van der Waals surface area (Å²) < 4.78 is 10.9. The molecule has 0 radical (unpaired) electrons. The number of ether oxygens (including phenoxy) is 1. The lowest BCUT2D eigenvalue weighted by Crippen LogP contribution is -2.17. The van der Waals surface area contributed by atoms with Crippen LogP contribution in [0.5, 0.6) is 0 Å². The maximum Gasteiger partial charge on any atom is 0.412 e. The first-order valence-corrected chi connectivity index (χ1v) is 9.83. The number of rotatable bonds is 5. The molecule has 1 aromatic heterocycles. The highest BCUT2D eigenvalue weighted by atomic mass is 79.9. The molecule has 0 aliphatic rings. The molecule has 1 N–H and O–H groups in total. The van der Waals surface area contributed by atoms with E-state index in [4.69, 9.17) is 20.9 Å². The molecule has 0 saturated heterocycles. The lowest BCUT2D eigenvalue weighted by atomic mass is 10.1. The SMILES string of the molecule is Cc1noc(-c2ccc(CBr)cc2)c1NC(=O)OC(C)c1ccccc1Cl. The van der Waals surface area contributed by atoms with Crippen LogP contribution >= 0.6 is 27.5 Å². The molecule has 1 atom stereocenters. The zero-order valence-corrected chi connectivity index (χ0v) is 17.2. The van der Waals surface area contributed by atoms with Crippen LogP contribution in [0.2, 0.25) is 5.02 Å². The van der Waals surface area contributed by atoms with Gasteiger partial charge in [-0.1, -0.05) is 75.2 Å². The summed E-state index contributed by atoms with van der Waals surface area (Å²) in [6, 6.07) is 15.0. The molecule has 0 aliphatic carbocycles. The molecule has 1 heterocycles. The number of hydrogen-bond donors (Lipinski definition) is 1. The molecule has 1 unspecified atom stereocenters. The Morgan fingerprint density at radius 2 is 1.96 bits per heavy atom. The van der Waals surface area contributed by atoms with E-state index in [-0.39, 0.29) is 0 Å². The van der Waals surface area contributed by atoms with Gasteiger partial charge in [-0.15, -0.1) is 0 Å². The summed E-state index contributed by atoms with van der Waals surface area (Å²) in [6.45, 7) is 3.52. The monoisotopic (exact) mass is 448 g/mol. The van der Waals surface area contributed by atoms with Gasteiger partial charge in [-0.25, -0.2) is 4.79 Å². The first-order valence-electron chi connectivity index (χ1n) is 8.33. The molecule has 0 aliphatic heterocycles. The summed E-state index contributed by atoms with van der Waals surface area (Å²) in [5, 5.41) is 8.01. The van der Waals surface area contributed by atoms with Gasteiger partial charge in [0.05, 0.1) is 0 Å². The summed E-state index contributed by atoms with van der Waals surface area (Å²) in [6.07, 6.45) is -1.10. The van der Waals surface area contributed by atoms with Gasteiger partial charge < -0.3 is 9.26 Å². The van der Waals surface area contributed by atoms with E-state index in [1.54, 1.807) is 19.9 Å². The van der Waals surface area contributed by atoms with E-state index in [0.29, 0.717) is 22.2 Å². The molecular weight excluding hydrogens is 432 g/mol. The van der Waals surface area contributed by atoms with Crippen LogP contribution in [0.4, 0.5) is 10.5 Å². The fourth-order valence-electron chi connectivity index (χ4n) is 2.62. The Labute approximate surface area is 170 Å². The van der Waals surface area contributed by atoms with Gasteiger partial charge in [0.1, 0.15) is 17.5 Å². The number of aromatic nitrogens is 1. The van der Waals surface area contributed by atoms with Crippen LogP contribution < -0.4 is 5.32 Å². The van der Waals surface area contributed by atoms with Crippen LogP contribution in [-0.2, 0) is 10.1 Å². The molecule has 3 aromatic rings. The second-order valence-corrected chi connectivity index (χ2v) is 6.96. The van der Waals surface area contributed by atoms with E-state index >= 15 is 0 Å². The third kappa shape index (κ3) is 4.51. The predicted molar refractivity (Wildman–Crippen MR) is 109 cm³/mol. The Morgan fingerprint density at radius 1 is 1.26 bits per heavy atom. The fraction of sp³-hybridized carbons (Fsp3) is 0.200. The van der Waals surface area contributed by atoms with E-state index in [0.717, 1.165) is 22.0 Å². The number of anilines is 1. The predicted octanol–water partition coefficient (Wildman–Crippen LogP) is 6.51. The average Bonchev–Trinajstić information content (AvgIpc) is 3.02. The van der Waals surface area contributed by atoms with Crippen molar-refractivity contribution in [2.45, 2.75) is 25.3 Å². The Hall–Kier alpha value is -2.31. The molecule has 0 fully saturated rings. The van der Waals surface area contributed by atoms with Crippen LogP contribution in [0.15, 0.2) is 53.1 Å². The van der Waals surface area contributed by atoms with Crippen molar-refractivity contribution in [1.82, 2.24) is 5.16 Å². The summed E-state index contributed by atoms with van der Waals surface area (Å²) in [5.41, 5.74) is 3.74. The first kappa shape index (κ1) is 19.5. The van der Waals surface area contributed by atoms with E-state index < -0.39 is 12.2 Å². The summed E-state index contributed by atoms with van der Waals surface area (Å²) in [7, 11) is 0. The Balaban J connectivity index is 1.76. The number of hydrogen-bond acceptors (Lipinski definition) is 4. The molecule has 5 nitrogen and oxygen atoms in total. The molecule has 27 heavy (non-hydrogen) atoms. The van der Waals surface area contributed by atoms with Crippen molar-refractivity contribution in [3.8, 4) is 11.3 Å².